The average molecular weight is 230 g/mol. The Kier molecular flexibility index (Phi) is 4.17. The van der Waals surface area contributed by atoms with Crippen LogP contribution in [0.1, 0.15) is 48.5 Å². The minimum Gasteiger partial charge on any atom is -0.388 e. The SMILES string of the molecule is CC(C)(C)C(N)C(=O)NC(C)(C)C(C)(C)O. The number of carbonyl (C=O) groups excluding carboxylic acids is 1. The zero-order valence-electron chi connectivity index (χ0n) is 11.5. The van der Waals surface area contributed by atoms with Crippen LogP contribution in [0.25, 0.3) is 0 Å². The summed E-state index contributed by atoms with van der Waals surface area (Å²) in [5.41, 5.74) is 3.84. The summed E-state index contributed by atoms with van der Waals surface area (Å²) in [5.74, 6) is -0.236. The van der Waals surface area contributed by atoms with E-state index in [2.05, 4.69) is 5.32 Å². The summed E-state index contributed by atoms with van der Waals surface area (Å²) in [6.07, 6.45) is 0. The topological polar surface area (TPSA) is 75.4 Å². The maximum Gasteiger partial charge on any atom is 0.237 e. The van der Waals surface area contributed by atoms with Crippen molar-refractivity contribution >= 4 is 5.91 Å². The third-order valence-corrected chi connectivity index (χ3v) is 3.18. The van der Waals surface area contributed by atoms with Gasteiger partial charge in [-0.05, 0) is 33.1 Å². The Bertz CT molecular complexity index is 259. The fourth-order valence-electron chi connectivity index (χ4n) is 0.932. The molecule has 0 rings (SSSR count). The maximum atomic E-state index is 11.9. The van der Waals surface area contributed by atoms with Gasteiger partial charge in [-0.25, -0.2) is 0 Å². The summed E-state index contributed by atoms with van der Waals surface area (Å²) in [6.45, 7) is 12.6. The van der Waals surface area contributed by atoms with Gasteiger partial charge in [0.25, 0.3) is 0 Å². The molecule has 16 heavy (non-hydrogen) atoms. The van der Waals surface area contributed by atoms with Crippen LogP contribution in [0.3, 0.4) is 0 Å². The average Bonchev–Trinajstić information content (AvgIpc) is 1.97. The van der Waals surface area contributed by atoms with Gasteiger partial charge in [0.05, 0.1) is 17.2 Å². The van der Waals surface area contributed by atoms with Gasteiger partial charge in [-0.2, -0.15) is 0 Å². The monoisotopic (exact) mass is 230 g/mol. The molecular formula is C12H26N2O2. The lowest BCUT2D eigenvalue weighted by Gasteiger charge is -2.39. The Labute approximate surface area is 98.6 Å². The maximum absolute atomic E-state index is 11.9. The van der Waals surface area contributed by atoms with Crippen LogP contribution in [-0.2, 0) is 4.79 Å². The smallest absolute Gasteiger partial charge is 0.237 e. The number of rotatable bonds is 3. The van der Waals surface area contributed by atoms with Gasteiger partial charge in [-0.1, -0.05) is 20.8 Å². The molecule has 4 N–H and O–H groups in total. The largest absolute Gasteiger partial charge is 0.388 e. The molecule has 0 bridgehead atoms. The molecule has 0 aliphatic heterocycles. The molecule has 0 aromatic carbocycles. The van der Waals surface area contributed by atoms with Crippen LogP contribution in [0.4, 0.5) is 0 Å². The van der Waals surface area contributed by atoms with E-state index < -0.39 is 17.2 Å². The first kappa shape index (κ1) is 15.4. The highest BCUT2D eigenvalue weighted by atomic mass is 16.3. The second kappa shape index (κ2) is 4.34. The normalized spacial score (nSPS) is 15.8. The molecule has 0 saturated carbocycles. The van der Waals surface area contributed by atoms with Crippen molar-refractivity contribution in [2.75, 3.05) is 0 Å². The lowest BCUT2D eigenvalue weighted by molar-refractivity contribution is -0.129. The van der Waals surface area contributed by atoms with Gasteiger partial charge in [0.15, 0.2) is 0 Å². The molecule has 0 radical (unpaired) electrons. The number of nitrogens with one attached hydrogen (secondary N) is 1. The zero-order chi connectivity index (χ0) is 13.4. The number of aliphatic hydroxyl groups is 1. The van der Waals surface area contributed by atoms with E-state index in [-0.39, 0.29) is 11.3 Å². The number of carbonyl (C=O) groups is 1. The van der Waals surface area contributed by atoms with E-state index in [9.17, 15) is 9.90 Å². The van der Waals surface area contributed by atoms with Gasteiger partial charge in [0.2, 0.25) is 5.91 Å². The fraction of sp³-hybridized carbons (Fsp3) is 0.917. The Morgan fingerprint density at radius 1 is 1.12 bits per heavy atom. The van der Waals surface area contributed by atoms with Crippen LogP contribution in [0.5, 0.6) is 0 Å². The quantitative estimate of drug-likeness (QED) is 0.677. The third-order valence-electron chi connectivity index (χ3n) is 3.18. The van der Waals surface area contributed by atoms with Crippen LogP contribution in [0.15, 0.2) is 0 Å². The van der Waals surface area contributed by atoms with E-state index in [4.69, 9.17) is 5.73 Å². The molecule has 0 heterocycles. The highest BCUT2D eigenvalue weighted by Gasteiger charge is 2.39. The summed E-state index contributed by atoms with van der Waals surface area (Å²) in [7, 11) is 0. The van der Waals surface area contributed by atoms with E-state index in [1.165, 1.54) is 0 Å². The minimum atomic E-state index is -1.000. The van der Waals surface area contributed by atoms with Crippen LogP contribution >= 0.6 is 0 Å². The predicted molar refractivity (Wildman–Crippen MR) is 65.9 cm³/mol. The van der Waals surface area contributed by atoms with Crippen LogP contribution in [0.2, 0.25) is 0 Å². The molecule has 4 nitrogen and oxygen atoms in total. The summed E-state index contributed by atoms with van der Waals surface area (Å²) in [6, 6.07) is -0.589. The number of nitrogens with two attached hydrogens (primary N) is 1. The van der Waals surface area contributed by atoms with Crippen molar-refractivity contribution in [2.24, 2.45) is 11.1 Å². The van der Waals surface area contributed by atoms with Crippen molar-refractivity contribution in [3.05, 3.63) is 0 Å². The van der Waals surface area contributed by atoms with Crippen molar-refractivity contribution < 1.29 is 9.90 Å². The van der Waals surface area contributed by atoms with E-state index >= 15 is 0 Å². The summed E-state index contributed by atoms with van der Waals surface area (Å²) < 4.78 is 0. The van der Waals surface area contributed by atoms with Crippen LogP contribution in [0, 0.1) is 5.41 Å². The standard InChI is InChI=1S/C12H26N2O2/c1-10(2,3)8(13)9(15)14-11(4,5)12(6,7)16/h8,16H,13H2,1-7H3,(H,14,15). The molecule has 0 aliphatic carbocycles. The van der Waals surface area contributed by atoms with Crippen LogP contribution < -0.4 is 11.1 Å². The molecule has 1 amide bonds. The summed E-state index contributed by atoms with van der Waals surface area (Å²) >= 11 is 0. The first-order valence-corrected chi connectivity index (χ1v) is 5.59. The van der Waals surface area contributed by atoms with Gasteiger partial charge in [-0.3, -0.25) is 4.79 Å². The number of hydrogen-bond donors (Lipinski definition) is 3. The summed E-state index contributed by atoms with van der Waals surface area (Å²) in [5, 5.41) is 12.7. The number of hydrogen-bond acceptors (Lipinski definition) is 3. The first-order valence-electron chi connectivity index (χ1n) is 5.59. The Hall–Kier alpha value is -0.610. The lowest BCUT2D eigenvalue weighted by atomic mass is 9.83. The van der Waals surface area contributed by atoms with Gasteiger partial charge in [0, 0.05) is 0 Å². The van der Waals surface area contributed by atoms with Gasteiger partial charge < -0.3 is 16.2 Å². The zero-order valence-corrected chi connectivity index (χ0v) is 11.5. The molecule has 0 fully saturated rings. The van der Waals surface area contributed by atoms with Crippen molar-refractivity contribution in [1.82, 2.24) is 5.32 Å². The first-order chi connectivity index (χ1) is 6.79. The summed E-state index contributed by atoms with van der Waals surface area (Å²) in [4.78, 5) is 11.9. The second-order valence-corrected chi connectivity index (χ2v) is 6.52. The molecule has 0 saturated heterocycles. The van der Waals surface area contributed by atoms with Gasteiger partial charge >= 0.3 is 0 Å². The Morgan fingerprint density at radius 2 is 1.50 bits per heavy atom. The lowest BCUT2D eigenvalue weighted by Crippen LogP contribution is -2.62. The van der Waals surface area contributed by atoms with E-state index in [0.717, 1.165) is 0 Å². The molecule has 0 aromatic rings. The van der Waals surface area contributed by atoms with Crippen molar-refractivity contribution in [2.45, 2.75) is 65.6 Å². The Morgan fingerprint density at radius 3 is 1.75 bits per heavy atom. The van der Waals surface area contributed by atoms with E-state index in [1.54, 1.807) is 27.7 Å². The van der Waals surface area contributed by atoms with Crippen molar-refractivity contribution in [1.29, 1.82) is 0 Å². The van der Waals surface area contributed by atoms with Crippen molar-refractivity contribution in [3.8, 4) is 0 Å². The molecule has 0 spiro atoms. The molecule has 0 aliphatic rings. The molecule has 1 atom stereocenters. The highest BCUT2D eigenvalue weighted by molar-refractivity contribution is 5.83. The molecular weight excluding hydrogens is 204 g/mol. The predicted octanol–water partition coefficient (Wildman–Crippen LogP) is 1.03. The fourth-order valence-corrected chi connectivity index (χ4v) is 0.932. The Balaban J connectivity index is 4.71. The number of amides is 1. The third kappa shape index (κ3) is 3.76. The van der Waals surface area contributed by atoms with Crippen LogP contribution in [-0.4, -0.2) is 28.2 Å². The second-order valence-electron chi connectivity index (χ2n) is 6.52. The molecule has 0 aromatic heterocycles. The molecule has 4 heteroatoms. The van der Waals surface area contributed by atoms with Gasteiger partial charge in [0.1, 0.15) is 0 Å². The van der Waals surface area contributed by atoms with Crippen molar-refractivity contribution in [3.63, 3.8) is 0 Å². The molecule has 1 unspecified atom stereocenters. The van der Waals surface area contributed by atoms with Gasteiger partial charge in [-0.15, -0.1) is 0 Å². The van der Waals surface area contributed by atoms with E-state index in [0.29, 0.717) is 0 Å². The highest BCUT2D eigenvalue weighted by Crippen LogP contribution is 2.23. The minimum absolute atomic E-state index is 0.236. The van der Waals surface area contributed by atoms with E-state index in [1.807, 2.05) is 20.8 Å². The molecule has 96 valence electrons.